The van der Waals surface area contributed by atoms with Crippen molar-refractivity contribution in [1.29, 1.82) is 5.26 Å². The van der Waals surface area contributed by atoms with Gasteiger partial charge in [-0.1, -0.05) is 44.7 Å². The number of ether oxygens (including phenoxy) is 1. The molecule has 0 radical (unpaired) electrons. The normalized spacial score (nSPS) is 15.2. The van der Waals surface area contributed by atoms with Crippen LogP contribution in [0.3, 0.4) is 0 Å². The first-order valence-corrected chi connectivity index (χ1v) is 14.5. The van der Waals surface area contributed by atoms with E-state index in [-0.39, 0.29) is 17.1 Å². The van der Waals surface area contributed by atoms with Crippen molar-refractivity contribution in [1.82, 2.24) is 14.8 Å². The van der Waals surface area contributed by atoms with Gasteiger partial charge in [-0.25, -0.2) is 0 Å². The summed E-state index contributed by atoms with van der Waals surface area (Å²) in [6.07, 6.45) is 2.94. The van der Waals surface area contributed by atoms with Crippen LogP contribution in [0.5, 0.6) is 5.75 Å². The summed E-state index contributed by atoms with van der Waals surface area (Å²) < 4.78 is 7.99. The van der Waals surface area contributed by atoms with Crippen LogP contribution in [0.4, 0.5) is 5.00 Å². The lowest BCUT2D eigenvalue weighted by atomic mass is 9.72. The van der Waals surface area contributed by atoms with E-state index in [4.69, 9.17) is 4.74 Å². The molecule has 1 unspecified atom stereocenters. The summed E-state index contributed by atoms with van der Waals surface area (Å²) in [5.74, 6) is 2.18. The van der Waals surface area contributed by atoms with Gasteiger partial charge < -0.3 is 14.6 Å². The fourth-order valence-corrected chi connectivity index (χ4v) is 6.81. The molecule has 0 spiro atoms. The van der Waals surface area contributed by atoms with Gasteiger partial charge in [0.05, 0.1) is 11.3 Å². The van der Waals surface area contributed by atoms with Crippen molar-refractivity contribution in [2.75, 3.05) is 11.1 Å². The number of nitrogens with zero attached hydrogens (tertiary/aromatic N) is 4. The highest BCUT2D eigenvalue weighted by Crippen LogP contribution is 2.44. The zero-order valence-corrected chi connectivity index (χ0v) is 24.1. The number of thiophene rings is 1. The lowest BCUT2D eigenvalue weighted by Crippen LogP contribution is -2.26. The van der Waals surface area contributed by atoms with Crippen LogP contribution in [0.2, 0.25) is 0 Å². The summed E-state index contributed by atoms with van der Waals surface area (Å²) in [6.45, 7) is 13.9. The first kappa shape index (κ1) is 27.2. The van der Waals surface area contributed by atoms with Gasteiger partial charge >= 0.3 is 0 Å². The number of amides is 1. The molecule has 0 fully saturated rings. The lowest BCUT2D eigenvalue weighted by molar-refractivity contribution is -0.113. The first-order chi connectivity index (χ1) is 17.6. The van der Waals surface area contributed by atoms with E-state index in [0.29, 0.717) is 34.8 Å². The molecule has 0 saturated heterocycles. The van der Waals surface area contributed by atoms with E-state index in [0.717, 1.165) is 42.0 Å². The average molecular weight is 538 g/mol. The van der Waals surface area contributed by atoms with E-state index in [1.54, 1.807) is 11.3 Å². The minimum atomic E-state index is -0.147. The van der Waals surface area contributed by atoms with Gasteiger partial charge in [0.25, 0.3) is 0 Å². The maximum atomic E-state index is 12.9. The molecule has 0 aliphatic heterocycles. The molecule has 1 aliphatic carbocycles. The SMILES string of the molecule is CCn1c(COc2cccc(C)c2C)nnc1SCC(=O)Nc1sc2c(c1C#N)CCC(C(C)(C)C)C2. The van der Waals surface area contributed by atoms with Crippen LogP contribution in [0.15, 0.2) is 23.4 Å². The number of hydrogen-bond acceptors (Lipinski definition) is 7. The number of benzene rings is 1. The molecule has 0 saturated carbocycles. The van der Waals surface area contributed by atoms with Crippen LogP contribution in [0.25, 0.3) is 0 Å². The highest BCUT2D eigenvalue weighted by molar-refractivity contribution is 7.99. The number of aromatic nitrogens is 3. The standard InChI is InChI=1S/C28H35N5O2S2/c1-7-33-24(15-35-22-10-8-9-17(2)18(22)3)31-32-27(33)36-16-25(34)30-26-21(14-29)20-12-11-19(28(4,5)6)13-23(20)37-26/h8-10,19H,7,11-13,15-16H2,1-6H3,(H,30,34). The number of anilines is 1. The molecule has 9 heteroatoms. The third-order valence-corrected chi connectivity index (χ3v) is 9.35. The summed E-state index contributed by atoms with van der Waals surface area (Å²) in [5, 5.41) is 22.8. The van der Waals surface area contributed by atoms with Gasteiger partial charge in [-0.2, -0.15) is 5.26 Å². The van der Waals surface area contributed by atoms with Gasteiger partial charge in [-0.15, -0.1) is 21.5 Å². The number of carbonyl (C=O) groups is 1. The molecule has 1 N–H and O–H groups in total. The Morgan fingerprint density at radius 1 is 1.32 bits per heavy atom. The minimum absolute atomic E-state index is 0.147. The number of nitrogens with one attached hydrogen (secondary N) is 1. The van der Waals surface area contributed by atoms with E-state index < -0.39 is 0 Å². The molecule has 1 atom stereocenters. The van der Waals surface area contributed by atoms with E-state index in [9.17, 15) is 10.1 Å². The van der Waals surface area contributed by atoms with Gasteiger partial charge in [0.2, 0.25) is 5.91 Å². The smallest absolute Gasteiger partial charge is 0.235 e. The largest absolute Gasteiger partial charge is 0.485 e. The second-order valence-corrected chi connectivity index (χ2v) is 12.6. The lowest BCUT2D eigenvalue weighted by Gasteiger charge is -2.33. The van der Waals surface area contributed by atoms with Crippen LogP contribution in [0.1, 0.15) is 67.1 Å². The van der Waals surface area contributed by atoms with Crippen molar-refractivity contribution in [3.05, 3.63) is 51.2 Å². The van der Waals surface area contributed by atoms with Gasteiger partial charge in [-0.05, 0) is 74.1 Å². The van der Waals surface area contributed by atoms with Crippen molar-refractivity contribution in [2.24, 2.45) is 11.3 Å². The van der Waals surface area contributed by atoms with Gasteiger partial charge in [0.1, 0.15) is 23.4 Å². The van der Waals surface area contributed by atoms with E-state index in [2.05, 4.69) is 55.3 Å². The van der Waals surface area contributed by atoms with E-state index in [1.165, 1.54) is 22.2 Å². The molecule has 37 heavy (non-hydrogen) atoms. The maximum Gasteiger partial charge on any atom is 0.235 e. The number of thioether (sulfide) groups is 1. The average Bonchev–Trinajstić information content (AvgIpc) is 3.42. The summed E-state index contributed by atoms with van der Waals surface area (Å²) in [4.78, 5) is 14.1. The molecule has 1 aromatic carbocycles. The molecule has 2 heterocycles. The number of carbonyl (C=O) groups excluding carboxylic acids is 1. The summed E-state index contributed by atoms with van der Waals surface area (Å²) in [7, 11) is 0. The Balaban J connectivity index is 1.39. The number of rotatable bonds is 8. The Morgan fingerprint density at radius 2 is 2.11 bits per heavy atom. The molecule has 3 aromatic rings. The molecule has 7 nitrogen and oxygen atoms in total. The quantitative estimate of drug-likeness (QED) is 0.339. The van der Waals surface area contributed by atoms with Crippen LogP contribution in [-0.4, -0.2) is 26.4 Å². The Bertz CT molecular complexity index is 1330. The molecule has 1 aliphatic rings. The number of nitriles is 1. The first-order valence-electron chi connectivity index (χ1n) is 12.7. The number of hydrogen-bond donors (Lipinski definition) is 1. The Kier molecular flexibility index (Phi) is 8.29. The van der Waals surface area contributed by atoms with Crippen LogP contribution in [0, 0.1) is 36.5 Å². The highest BCUT2D eigenvalue weighted by Gasteiger charge is 2.32. The van der Waals surface area contributed by atoms with E-state index in [1.807, 2.05) is 30.5 Å². The van der Waals surface area contributed by atoms with Crippen LogP contribution in [-0.2, 0) is 30.8 Å². The second kappa shape index (κ2) is 11.3. The minimum Gasteiger partial charge on any atom is -0.485 e. The fraction of sp³-hybridized carbons (Fsp3) is 0.500. The summed E-state index contributed by atoms with van der Waals surface area (Å²) in [6, 6.07) is 8.33. The summed E-state index contributed by atoms with van der Waals surface area (Å²) in [5.41, 5.74) is 4.27. The molecule has 0 bridgehead atoms. The predicted molar refractivity (Wildman–Crippen MR) is 149 cm³/mol. The van der Waals surface area contributed by atoms with Crippen molar-refractivity contribution in [2.45, 2.75) is 79.1 Å². The molecule has 4 rings (SSSR count). The van der Waals surface area contributed by atoms with Gasteiger partial charge in [0.15, 0.2) is 11.0 Å². The van der Waals surface area contributed by atoms with Crippen LogP contribution >= 0.6 is 23.1 Å². The highest BCUT2D eigenvalue weighted by atomic mass is 32.2. The monoisotopic (exact) mass is 537 g/mol. The van der Waals surface area contributed by atoms with Crippen molar-refractivity contribution >= 4 is 34.0 Å². The topological polar surface area (TPSA) is 92.8 Å². The van der Waals surface area contributed by atoms with Gasteiger partial charge in [0, 0.05) is 11.4 Å². The molecule has 2 aromatic heterocycles. The van der Waals surface area contributed by atoms with Crippen molar-refractivity contribution in [3.63, 3.8) is 0 Å². The maximum absolute atomic E-state index is 12.9. The number of aryl methyl sites for hydroxylation is 1. The fourth-order valence-electron chi connectivity index (χ4n) is 4.70. The molecule has 196 valence electrons. The predicted octanol–water partition coefficient (Wildman–Crippen LogP) is 6.31. The van der Waals surface area contributed by atoms with Gasteiger partial charge in [-0.3, -0.25) is 4.79 Å². The summed E-state index contributed by atoms with van der Waals surface area (Å²) >= 11 is 2.90. The third-order valence-electron chi connectivity index (χ3n) is 7.21. The molecule has 1 amide bonds. The second-order valence-electron chi connectivity index (χ2n) is 10.6. The zero-order chi connectivity index (χ0) is 26.7. The Labute approximate surface area is 227 Å². The Morgan fingerprint density at radius 3 is 2.81 bits per heavy atom. The third kappa shape index (κ3) is 6.02. The zero-order valence-electron chi connectivity index (χ0n) is 22.5. The molecular weight excluding hydrogens is 502 g/mol. The van der Waals surface area contributed by atoms with Crippen LogP contribution < -0.4 is 10.1 Å². The Hall–Kier alpha value is -2.83. The number of fused-ring (bicyclic) bond motifs is 1. The van der Waals surface area contributed by atoms with Crippen molar-refractivity contribution < 1.29 is 9.53 Å². The van der Waals surface area contributed by atoms with E-state index >= 15 is 0 Å². The van der Waals surface area contributed by atoms with Crippen molar-refractivity contribution in [3.8, 4) is 11.8 Å². The molecular formula is C28H35N5O2S2.